The fourth-order valence-electron chi connectivity index (χ4n) is 3.10. The standard InChI is InChI=1S/C24H27ClFN3O2/c1-16(2)15-31-21-10-6-18(7-11-21)12-13-27-24(30)22-17(3)28-29(23(22)25)14-19-4-8-20(26)9-5-19/h4-11,16H,12-15H2,1-3H3,(H,27,30). The number of carbonyl (C=O) groups excluding carboxylic acids is 1. The van der Waals surface area contributed by atoms with Gasteiger partial charge in [-0.25, -0.2) is 9.07 Å². The molecule has 0 aliphatic heterocycles. The number of carbonyl (C=O) groups is 1. The number of benzene rings is 2. The van der Waals surface area contributed by atoms with E-state index in [1.54, 1.807) is 23.7 Å². The van der Waals surface area contributed by atoms with Crippen molar-refractivity contribution in [3.8, 4) is 5.75 Å². The van der Waals surface area contributed by atoms with E-state index in [1.807, 2.05) is 24.3 Å². The molecule has 31 heavy (non-hydrogen) atoms. The number of aryl methyl sites for hydroxylation is 1. The minimum absolute atomic E-state index is 0.259. The van der Waals surface area contributed by atoms with E-state index in [-0.39, 0.29) is 16.9 Å². The van der Waals surface area contributed by atoms with Gasteiger partial charge in [0.25, 0.3) is 5.91 Å². The number of aromatic nitrogens is 2. The Morgan fingerprint density at radius 1 is 1.13 bits per heavy atom. The fourth-order valence-corrected chi connectivity index (χ4v) is 3.42. The molecule has 7 heteroatoms. The molecule has 0 bridgehead atoms. The van der Waals surface area contributed by atoms with E-state index in [0.717, 1.165) is 16.9 Å². The number of halogens is 2. The molecule has 164 valence electrons. The summed E-state index contributed by atoms with van der Waals surface area (Å²) >= 11 is 6.42. The molecule has 5 nitrogen and oxygen atoms in total. The van der Waals surface area contributed by atoms with Gasteiger partial charge < -0.3 is 10.1 Å². The van der Waals surface area contributed by atoms with Crippen LogP contribution in [0.25, 0.3) is 0 Å². The summed E-state index contributed by atoms with van der Waals surface area (Å²) in [5, 5.41) is 7.55. The van der Waals surface area contributed by atoms with E-state index in [4.69, 9.17) is 16.3 Å². The highest BCUT2D eigenvalue weighted by Crippen LogP contribution is 2.21. The van der Waals surface area contributed by atoms with Crippen molar-refractivity contribution >= 4 is 17.5 Å². The van der Waals surface area contributed by atoms with Gasteiger partial charge in [-0.05, 0) is 54.7 Å². The van der Waals surface area contributed by atoms with Crippen molar-refractivity contribution in [1.82, 2.24) is 15.1 Å². The molecule has 0 fully saturated rings. The summed E-state index contributed by atoms with van der Waals surface area (Å²) in [6.07, 6.45) is 0.691. The molecular weight excluding hydrogens is 417 g/mol. The molecule has 2 aromatic carbocycles. The zero-order valence-corrected chi connectivity index (χ0v) is 18.7. The maximum atomic E-state index is 13.1. The predicted octanol–water partition coefficient (Wildman–Crippen LogP) is 5.04. The number of hydrogen-bond donors (Lipinski definition) is 1. The van der Waals surface area contributed by atoms with Gasteiger partial charge in [-0.2, -0.15) is 5.10 Å². The number of nitrogens with one attached hydrogen (secondary N) is 1. The second-order valence-corrected chi connectivity index (χ2v) is 8.25. The van der Waals surface area contributed by atoms with Crippen LogP contribution in [0.2, 0.25) is 5.15 Å². The number of hydrogen-bond acceptors (Lipinski definition) is 3. The Morgan fingerprint density at radius 2 is 1.77 bits per heavy atom. The lowest BCUT2D eigenvalue weighted by Crippen LogP contribution is -2.26. The van der Waals surface area contributed by atoms with Crippen molar-refractivity contribution in [3.05, 3.63) is 81.9 Å². The Morgan fingerprint density at radius 3 is 2.42 bits per heavy atom. The lowest BCUT2D eigenvalue weighted by atomic mass is 10.1. The van der Waals surface area contributed by atoms with Gasteiger partial charge in [0.05, 0.1) is 24.4 Å². The average molecular weight is 444 g/mol. The van der Waals surface area contributed by atoms with Crippen LogP contribution in [-0.4, -0.2) is 28.8 Å². The lowest BCUT2D eigenvalue weighted by molar-refractivity contribution is 0.0953. The maximum Gasteiger partial charge on any atom is 0.256 e. The molecule has 0 aliphatic carbocycles. The van der Waals surface area contributed by atoms with Crippen LogP contribution in [0.1, 0.15) is 41.0 Å². The average Bonchev–Trinajstić information content (AvgIpc) is 3.02. The topological polar surface area (TPSA) is 56.2 Å². The first-order valence-corrected chi connectivity index (χ1v) is 10.7. The summed E-state index contributed by atoms with van der Waals surface area (Å²) in [6, 6.07) is 14.0. The van der Waals surface area contributed by atoms with Gasteiger partial charge in [0.2, 0.25) is 0 Å². The van der Waals surface area contributed by atoms with Crippen LogP contribution in [-0.2, 0) is 13.0 Å². The van der Waals surface area contributed by atoms with Gasteiger partial charge in [0.15, 0.2) is 0 Å². The number of rotatable bonds is 9. The second-order valence-electron chi connectivity index (χ2n) is 7.89. The predicted molar refractivity (Wildman–Crippen MR) is 120 cm³/mol. The highest BCUT2D eigenvalue weighted by atomic mass is 35.5. The summed E-state index contributed by atoms with van der Waals surface area (Å²) in [6.45, 7) is 7.49. The van der Waals surface area contributed by atoms with Crippen molar-refractivity contribution in [2.75, 3.05) is 13.2 Å². The van der Waals surface area contributed by atoms with Crippen LogP contribution in [0.5, 0.6) is 5.75 Å². The van der Waals surface area contributed by atoms with Crippen molar-refractivity contribution in [2.24, 2.45) is 5.92 Å². The van der Waals surface area contributed by atoms with Crippen molar-refractivity contribution in [3.63, 3.8) is 0 Å². The molecule has 1 N–H and O–H groups in total. The molecule has 0 unspecified atom stereocenters. The van der Waals surface area contributed by atoms with E-state index in [9.17, 15) is 9.18 Å². The number of ether oxygens (including phenoxy) is 1. The van der Waals surface area contributed by atoms with Crippen molar-refractivity contribution < 1.29 is 13.9 Å². The molecular formula is C24H27ClFN3O2. The van der Waals surface area contributed by atoms with E-state index < -0.39 is 0 Å². The summed E-state index contributed by atoms with van der Waals surface area (Å²) in [5.74, 6) is 0.761. The maximum absolute atomic E-state index is 13.1. The smallest absolute Gasteiger partial charge is 0.256 e. The molecule has 1 heterocycles. The van der Waals surface area contributed by atoms with Crippen LogP contribution in [0, 0.1) is 18.7 Å². The lowest BCUT2D eigenvalue weighted by Gasteiger charge is -2.09. The van der Waals surface area contributed by atoms with Crippen molar-refractivity contribution in [1.29, 1.82) is 0 Å². The third-order valence-corrected chi connectivity index (χ3v) is 5.13. The molecule has 0 spiro atoms. The zero-order valence-electron chi connectivity index (χ0n) is 18.0. The molecule has 0 saturated heterocycles. The first kappa shape index (κ1) is 22.8. The highest BCUT2D eigenvalue weighted by molar-refractivity contribution is 6.33. The normalized spacial score (nSPS) is 11.0. The molecule has 0 radical (unpaired) electrons. The highest BCUT2D eigenvalue weighted by Gasteiger charge is 2.20. The third kappa shape index (κ3) is 6.31. The SMILES string of the molecule is Cc1nn(Cc2ccc(F)cc2)c(Cl)c1C(=O)NCCc1ccc(OCC(C)C)cc1. The van der Waals surface area contributed by atoms with Crippen LogP contribution in [0.3, 0.4) is 0 Å². The fraction of sp³-hybridized carbons (Fsp3) is 0.333. The Bertz CT molecular complexity index is 1010. The summed E-state index contributed by atoms with van der Waals surface area (Å²) in [7, 11) is 0. The minimum atomic E-state index is -0.302. The van der Waals surface area contributed by atoms with Gasteiger partial charge in [-0.3, -0.25) is 4.79 Å². The first-order chi connectivity index (χ1) is 14.8. The Hall–Kier alpha value is -2.86. The largest absolute Gasteiger partial charge is 0.493 e. The second kappa shape index (κ2) is 10.4. The van der Waals surface area contributed by atoms with Crippen LogP contribution >= 0.6 is 11.6 Å². The van der Waals surface area contributed by atoms with Gasteiger partial charge in [0, 0.05) is 6.54 Å². The summed E-state index contributed by atoms with van der Waals surface area (Å²) in [4.78, 5) is 12.7. The molecule has 0 saturated carbocycles. The molecule has 0 aliphatic rings. The van der Waals surface area contributed by atoms with Crippen LogP contribution in [0.4, 0.5) is 4.39 Å². The van der Waals surface area contributed by atoms with E-state index >= 15 is 0 Å². The molecule has 3 rings (SSSR count). The number of amides is 1. The minimum Gasteiger partial charge on any atom is -0.493 e. The Balaban J connectivity index is 1.55. The van der Waals surface area contributed by atoms with Crippen LogP contribution in [0.15, 0.2) is 48.5 Å². The van der Waals surface area contributed by atoms with Gasteiger partial charge in [-0.15, -0.1) is 0 Å². The monoisotopic (exact) mass is 443 g/mol. The Kier molecular flexibility index (Phi) is 7.69. The summed E-state index contributed by atoms with van der Waals surface area (Å²) < 4.78 is 20.3. The van der Waals surface area contributed by atoms with Crippen molar-refractivity contribution in [2.45, 2.75) is 33.7 Å². The number of nitrogens with zero attached hydrogens (tertiary/aromatic N) is 2. The van der Waals surface area contributed by atoms with Gasteiger partial charge in [-0.1, -0.05) is 49.7 Å². The summed E-state index contributed by atoms with van der Waals surface area (Å²) in [5.41, 5.74) is 2.86. The Labute approximate surface area is 187 Å². The van der Waals surface area contributed by atoms with E-state index in [2.05, 4.69) is 24.3 Å². The quantitative estimate of drug-likeness (QED) is 0.504. The van der Waals surface area contributed by atoms with E-state index in [0.29, 0.717) is 43.3 Å². The first-order valence-electron chi connectivity index (χ1n) is 10.3. The van der Waals surface area contributed by atoms with Gasteiger partial charge in [0.1, 0.15) is 16.7 Å². The van der Waals surface area contributed by atoms with E-state index in [1.165, 1.54) is 12.1 Å². The molecule has 3 aromatic rings. The molecule has 1 amide bonds. The zero-order chi connectivity index (χ0) is 22.4. The molecule has 0 atom stereocenters. The third-order valence-electron chi connectivity index (χ3n) is 4.74. The van der Waals surface area contributed by atoms with Gasteiger partial charge >= 0.3 is 0 Å². The van der Waals surface area contributed by atoms with Crippen LogP contribution < -0.4 is 10.1 Å². The molecule has 1 aromatic heterocycles.